The van der Waals surface area contributed by atoms with Gasteiger partial charge in [0.2, 0.25) is 0 Å². The minimum absolute atomic E-state index is 0.0218. The van der Waals surface area contributed by atoms with E-state index in [1.165, 1.54) is 0 Å². The number of amides is 3. The maximum atomic E-state index is 13.7. The smallest absolute Gasteiger partial charge is 0.430 e. The number of benzene rings is 3. The van der Waals surface area contributed by atoms with E-state index in [-0.39, 0.29) is 42.9 Å². The minimum Gasteiger partial charge on any atom is -0.493 e. The summed E-state index contributed by atoms with van der Waals surface area (Å²) in [6, 6.07) is 14.9. The van der Waals surface area contributed by atoms with Gasteiger partial charge in [0, 0.05) is 17.1 Å². The lowest BCUT2D eigenvalue weighted by Crippen LogP contribution is -2.54. The van der Waals surface area contributed by atoms with Gasteiger partial charge in [-0.2, -0.15) is 26.3 Å². The average molecular weight is 729 g/mol. The van der Waals surface area contributed by atoms with Crippen molar-refractivity contribution < 1.29 is 50.5 Å². The molecule has 3 amide bonds. The highest BCUT2D eigenvalue weighted by molar-refractivity contribution is 6.30. The zero-order valence-electron chi connectivity index (χ0n) is 27.8. The fourth-order valence-corrected chi connectivity index (χ4v) is 5.95. The van der Waals surface area contributed by atoms with E-state index in [4.69, 9.17) is 21.1 Å². The Morgan fingerprint density at radius 2 is 1.40 bits per heavy atom. The van der Waals surface area contributed by atoms with Gasteiger partial charge in [-0.05, 0) is 91.3 Å². The predicted molar refractivity (Wildman–Crippen MR) is 175 cm³/mol. The standard InChI is InChI=1S/C36H39ClF6N2O5/c1-4-8-24-20-27(34(48,35(38,39)40)36(41,42)43)21-25(9-5-2)30(24)49-19-7-6-18-45-31(46)33(3,44-32(45)47)26-12-16-29(17-13-26)50-22-23-10-14-28(37)15-11-23/h10-17,20-21,48H,4-9,18-19,22H2,1-3H3,(H,44,47). The van der Waals surface area contributed by atoms with Crippen LogP contribution in [0, 0.1) is 0 Å². The molecular formula is C36H39ClF6N2O5. The van der Waals surface area contributed by atoms with Crippen molar-refractivity contribution in [2.75, 3.05) is 13.2 Å². The molecule has 0 radical (unpaired) electrons. The van der Waals surface area contributed by atoms with E-state index in [1.807, 2.05) is 12.1 Å². The summed E-state index contributed by atoms with van der Waals surface area (Å²) in [7, 11) is 0. The monoisotopic (exact) mass is 728 g/mol. The van der Waals surface area contributed by atoms with Crippen LogP contribution in [0.5, 0.6) is 11.5 Å². The van der Waals surface area contributed by atoms with E-state index in [0.717, 1.165) is 10.5 Å². The van der Waals surface area contributed by atoms with Crippen molar-refractivity contribution >= 4 is 23.5 Å². The largest absolute Gasteiger partial charge is 0.493 e. The number of nitrogens with zero attached hydrogens (tertiary/aromatic N) is 1. The summed E-state index contributed by atoms with van der Waals surface area (Å²) in [6.45, 7) is 5.42. The van der Waals surface area contributed by atoms with E-state index in [0.29, 0.717) is 60.8 Å². The number of urea groups is 1. The van der Waals surface area contributed by atoms with Crippen LogP contribution in [0.3, 0.4) is 0 Å². The molecule has 7 nitrogen and oxygen atoms in total. The molecule has 3 aromatic carbocycles. The number of ether oxygens (including phenoxy) is 2. The van der Waals surface area contributed by atoms with E-state index in [1.54, 1.807) is 57.2 Å². The Bertz CT molecular complexity index is 1610. The summed E-state index contributed by atoms with van der Waals surface area (Å²) in [6.07, 6.45) is -10.4. The Balaban J connectivity index is 1.39. The quantitative estimate of drug-likeness (QED) is 0.0929. The molecule has 272 valence electrons. The Labute approximate surface area is 291 Å². The van der Waals surface area contributed by atoms with Crippen LogP contribution in [0.1, 0.15) is 74.3 Å². The van der Waals surface area contributed by atoms with Crippen molar-refractivity contribution in [3.05, 3.63) is 93.5 Å². The highest BCUT2D eigenvalue weighted by Gasteiger charge is 2.71. The molecule has 4 rings (SSSR count). The van der Waals surface area contributed by atoms with Crippen molar-refractivity contribution in [2.24, 2.45) is 0 Å². The molecule has 2 N–H and O–H groups in total. The highest BCUT2D eigenvalue weighted by Crippen LogP contribution is 2.51. The maximum absolute atomic E-state index is 13.7. The number of alkyl halides is 6. The summed E-state index contributed by atoms with van der Waals surface area (Å²) >= 11 is 5.92. The van der Waals surface area contributed by atoms with Gasteiger partial charge in [0.25, 0.3) is 11.5 Å². The Morgan fingerprint density at radius 3 is 1.92 bits per heavy atom. The number of hydrogen-bond donors (Lipinski definition) is 2. The van der Waals surface area contributed by atoms with Crippen LogP contribution in [-0.4, -0.2) is 47.4 Å². The first kappa shape index (κ1) is 38.8. The molecule has 1 saturated heterocycles. The second-order valence-electron chi connectivity index (χ2n) is 12.3. The number of aryl methyl sites for hydroxylation is 2. The number of hydrogen-bond acceptors (Lipinski definition) is 5. The van der Waals surface area contributed by atoms with Crippen molar-refractivity contribution in [3.63, 3.8) is 0 Å². The highest BCUT2D eigenvalue weighted by atomic mass is 35.5. The van der Waals surface area contributed by atoms with Crippen LogP contribution in [-0.2, 0) is 35.4 Å². The van der Waals surface area contributed by atoms with Crippen molar-refractivity contribution in [1.29, 1.82) is 0 Å². The van der Waals surface area contributed by atoms with Crippen LogP contribution in [0.15, 0.2) is 60.7 Å². The average Bonchev–Trinajstić information content (AvgIpc) is 3.27. The normalized spacial score (nSPS) is 16.9. The molecule has 0 spiro atoms. The molecule has 1 aliphatic rings. The van der Waals surface area contributed by atoms with Gasteiger partial charge in [-0.1, -0.05) is 62.6 Å². The van der Waals surface area contributed by atoms with Crippen molar-refractivity contribution in [3.8, 4) is 11.5 Å². The summed E-state index contributed by atoms with van der Waals surface area (Å²) in [4.78, 5) is 27.4. The lowest BCUT2D eigenvalue weighted by atomic mass is 9.87. The van der Waals surface area contributed by atoms with Crippen LogP contribution < -0.4 is 14.8 Å². The van der Waals surface area contributed by atoms with Gasteiger partial charge in [0.05, 0.1) is 6.61 Å². The van der Waals surface area contributed by atoms with Gasteiger partial charge in [0.1, 0.15) is 23.6 Å². The summed E-state index contributed by atoms with van der Waals surface area (Å²) < 4.78 is 93.8. The fourth-order valence-electron chi connectivity index (χ4n) is 5.82. The van der Waals surface area contributed by atoms with Crippen LogP contribution >= 0.6 is 11.6 Å². The zero-order chi connectivity index (χ0) is 36.9. The molecule has 0 aliphatic carbocycles. The lowest BCUT2D eigenvalue weighted by molar-refractivity contribution is -0.376. The third-order valence-electron chi connectivity index (χ3n) is 8.57. The number of carbonyl (C=O) groups is 2. The predicted octanol–water partition coefficient (Wildman–Crippen LogP) is 8.76. The topological polar surface area (TPSA) is 88.1 Å². The first-order valence-corrected chi connectivity index (χ1v) is 16.6. The molecule has 1 atom stereocenters. The number of rotatable bonds is 15. The van der Waals surface area contributed by atoms with Crippen LogP contribution in [0.2, 0.25) is 5.02 Å². The van der Waals surface area contributed by atoms with E-state index in [2.05, 4.69) is 5.32 Å². The Hall–Kier alpha value is -3.97. The minimum atomic E-state index is -6.01. The molecular weight excluding hydrogens is 690 g/mol. The Morgan fingerprint density at radius 1 is 0.840 bits per heavy atom. The number of aliphatic hydroxyl groups is 1. The maximum Gasteiger partial charge on any atom is 0.430 e. The van der Waals surface area contributed by atoms with Crippen LogP contribution in [0.25, 0.3) is 0 Å². The van der Waals surface area contributed by atoms with E-state index >= 15 is 0 Å². The SMILES string of the molecule is CCCc1cc(C(O)(C(F)(F)F)C(F)(F)F)cc(CCC)c1OCCCCN1C(=O)NC(C)(c2ccc(OCc3ccc(Cl)cc3)cc2)C1=O. The van der Waals surface area contributed by atoms with Gasteiger partial charge in [-0.15, -0.1) is 0 Å². The fraction of sp³-hybridized carbons (Fsp3) is 0.444. The molecule has 3 aromatic rings. The Kier molecular flexibility index (Phi) is 12.0. The third-order valence-corrected chi connectivity index (χ3v) is 8.82. The molecule has 1 aliphatic heterocycles. The molecule has 0 aromatic heterocycles. The molecule has 50 heavy (non-hydrogen) atoms. The number of nitrogens with one attached hydrogen (secondary N) is 1. The number of halogens is 7. The molecule has 1 unspecified atom stereocenters. The van der Waals surface area contributed by atoms with Crippen molar-refractivity contribution in [1.82, 2.24) is 10.2 Å². The van der Waals surface area contributed by atoms with Crippen molar-refractivity contribution in [2.45, 2.75) is 89.4 Å². The zero-order valence-corrected chi connectivity index (χ0v) is 28.6. The van der Waals surface area contributed by atoms with Crippen LogP contribution in [0.4, 0.5) is 31.1 Å². The van der Waals surface area contributed by atoms with E-state index < -0.39 is 41.0 Å². The van der Waals surface area contributed by atoms with E-state index in [9.17, 15) is 41.0 Å². The second kappa shape index (κ2) is 15.5. The first-order valence-electron chi connectivity index (χ1n) is 16.2. The van der Waals surface area contributed by atoms with Gasteiger partial charge in [-0.25, -0.2) is 4.79 Å². The van der Waals surface area contributed by atoms with Gasteiger partial charge in [0.15, 0.2) is 0 Å². The number of imide groups is 1. The second-order valence-corrected chi connectivity index (χ2v) is 12.8. The first-order chi connectivity index (χ1) is 23.5. The molecule has 14 heteroatoms. The van der Waals surface area contributed by atoms with Gasteiger partial charge in [-0.3, -0.25) is 9.69 Å². The van der Waals surface area contributed by atoms with Gasteiger partial charge < -0.3 is 19.9 Å². The summed E-state index contributed by atoms with van der Waals surface area (Å²) in [5.74, 6) is 0.287. The summed E-state index contributed by atoms with van der Waals surface area (Å²) in [5, 5.41) is 13.4. The molecule has 1 fully saturated rings. The molecule has 0 saturated carbocycles. The molecule has 0 bridgehead atoms. The van der Waals surface area contributed by atoms with Gasteiger partial charge >= 0.3 is 18.4 Å². The molecule has 1 heterocycles. The third kappa shape index (κ3) is 8.15. The lowest BCUT2D eigenvalue weighted by Gasteiger charge is -2.33. The number of unbranched alkanes of at least 4 members (excludes halogenated alkanes) is 1. The number of carbonyl (C=O) groups excluding carboxylic acids is 2. The summed E-state index contributed by atoms with van der Waals surface area (Å²) in [5.41, 5.74) is -5.96.